The molecule has 0 unspecified atom stereocenters. The van der Waals surface area contributed by atoms with Gasteiger partial charge in [-0.2, -0.15) is 0 Å². The highest BCUT2D eigenvalue weighted by Gasteiger charge is 2.16. The monoisotopic (exact) mass is 341 g/mol. The van der Waals surface area contributed by atoms with Crippen molar-refractivity contribution in [3.05, 3.63) is 45.8 Å². The maximum Gasteiger partial charge on any atom is 0.319 e. The van der Waals surface area contributed by atoms with Crippen molar-refractivity contribution < 1.29 is 4.79 Å². The first-order valence-electron chi connectivity index (χ1n) is 8.15. The first-order valence-corrected chi connectivity index (χ1v) is 8.97. The van der Waals surface area contributed by atoms with Crippen LogP contribution in [0.15, 0.2) is 24.5 Å². The zero-order valence-corrected chi connectivity index (χ0v) is 14.3. The molecular weight excluding hydrogens is 322 g/mol. The van der Waals surface area contributed by atoms with E-state index in [2.05, 4.69) is 20.6 Å². The van der Waals surface area contributed by atoms with E-state index in [0.717, 1.165) is 41.3 Å². The lowest BCUT2D eigenvalue weighted by molar-refractivity contribution is 0.252. The molecule has 0 spiro atoms. The molecule has 3 aromatic rings. The van der Waals surface area contributed by atoms with Crippen LogP contribution < -0.4 is 10.6 Å². The first-order chi connectivity index (χ1) is 11.7. The average Bonchev–Trinajstić information content (AvgIpc) is 3.20. The van der Waals surface area contributed by atoms with Crippen molar-refractivity contribution in [1.82, 2.24) is 19.7 Å². The van der Waals surface area contributed by atoms with Crippen molar-refractivity contribution in [1.29, 1.82) is 0 Å². The molecule has 1 aliphatic carbocycles. The van der Waals surface area contributed by atoms with E-state index in [0.29, 0.717) is 6.54 Å². The van der Waals surface area contributed by atoms with Gasteiger partial charge in [-0.05, 0) is 32.3 Å². The molecule has 2 N–H and O–H groups in total. The molecule has 124 valence electrons. The summed E-state index contributed by atoms with van der Waals surface area (Å²) in [6, 6.07) is 3.52. The lowest BCUT2D eigenvalue weighted by atomic mass is 10.3. The zero-order valence-electron chi connectivity index (χ0n) is 13.5. The summed E-state index contributed by atoms with van der Waals surface area (Å²) in [5, 5.41) is 6.85. The Morgan fingerprint density at radius 3 is 3.17 bits per heavy atom. The van der Waals surface area contributed by atoms with Crippen molar-refractivity contribution in [2.24, 2.45) is 0 Å². The smallest absolute Gasteiger partial charge is 0.319 e. The summed E-state index contributed by atoms with van der Waals surface area (Å²) >= 11 is 1.79. The second kappa shape index (κ2) is 6.24. The largest absolute Gasteiger partial charge is 0.337 e. The first kappa shape index (κ1) is 15.1. The van der Waals surface area contributed by atoms with Gasteiger partial charge in [0.25, 0.3) is 0 Å². The summed E-state index contributed by atoms with van der Waals surface area (Å²) < 4.78 is 1.93. The number of rotatable bonds is 4. The SMILES string of the molecule is Cc1cn2ccc(NC(=O)NCCc3nc4c(s3)CCC4)cc2n1. The minimum atomic E-state index is -0.202. The van der Waals surface area contributed by atoms with Crippen LogP contribution in [0.5, 0.6) is 0 Å². The molecule has 0 radical (unpaired) electrons. The lowest BCUT2D eigenvalue weighted by Crippen LogP contribution is -2.30. The number of imidazole rings is 1. The molecule has 0 saturated carbocycles. The Kier molecular flexibility index (Phi) is 3.93. The Morgan fingerprint density at radius 2 is 2.29 bits per heavy atom. The molecule has 2 amide bonds. The second-order valence-corrected chi connectivity index (χ2v) is 7.19. The van der Waals surface area contributed by atoms with E-state index in [1.54, 1.807) is 11.3 Å². The van der Waals surface area contributed by atoms with Crippen LogP contribution in [0.25, 0.3) is 5.65 Å². The summed E-state index contributed by atoms with van der Waals surface area (Å²) in [7, 11) is 0. The molecule has 0 fully saturated rings. The number of hydrogen-bond acceptors (Lipinski definition) is 4. The van der Waals surface area contributed by atoms with Crippen LogP contribution in [0.4, 0.5) is 10.5 Å². The number of carbonyl (C=O) groups excluding carboxylic acids is 1. The van der Waals surface area contributed by atoms with E-state index in [9.17, 15) is 4.79 Å². The maximum atomic E-state index is 12.0. The van der Waals surface area contributed by atoms with Crippen LogP contribution >= 0.6 is 11.3 Å². The highest BCUT2D eigenvalue weighted by Crippen LogP contribution is 2.27. The van der Waals surface area contributed by atoms with Gasteiger partial charge in [0.15, 0.2) is 0 Å². The number of amides is 2. The van der Waals surface area contributed by atoms with Crippen LogP contribution in [0, 0.1) is 6.92 Å². The predicted molar refractivity (Wildman–Crippen MR) is 94.8 cm³/mol. The van der Waals surface area contributed by atoms with Gasteiger partial charge in [-0.15, -0.1) is 11.3 Å². The maximum absolute atomic E-state index is 12.0. The molecule has 6 nitrogen and oxygen atoms in total. The number of hydrogen-bond donors (Lipinski definition) is 2. The third-order valence-corrected chi connectivity index (χ3v) is 5.32. The third kappa shape index (κ3) is 3.12. The average molecular weight is 341 g/mol. The number of nitrogens with zero attached hydrogens (tertiary/aromatic N) is 3. The normalized spacial score (nSPS) is 13.2. The number of fused-ring (bicyclic) bond motifs is 2. The van der Waals surface area contributed by atoms with Gasteiger partial charge in [0, 0.05) is 42.0 Å². The van der Waals surface area contributed by atoms with Crippen LogP contribution in [-0.4, -0.2) is 26.9 Å². The van der Waals surface area contributed by atoms with Crippen LogP contribution in [0.2, 0.25) is 0 Å². The standard InChI is InChI=1S/C17H19N5OS/c1-11-10-22-8-6-12(9-15(22)19-11)20-17(23)18-7-5-16-21-13-3-2-4-14(13)24-16/h6,8-10H,2-5,7H2,1H3,(H2,18,20,23). The van der Waals surface area contributed by atoms with Crippen molar-refractivity contribution in [3.8, 4) is 0 Å². The van der Waals surface area contributed by atoms with Crippen molar-refractivity contribution in [3.63, 3.8) is 0 Å². The quantitative estimate of drug-likeness (QED) is 0.766. The van der Waals surface area contributed by atoms with Gasteiger partial charge in [-0.3, -0.25) is 0 Å². The predicted octanol–water partition coefficient (Wildman–Crippen LogP) is 2.95. The molecule has 0 aromatic carbocycles. The number of nitrogens with one attached hydrogen (secondary N) is 2. The molecule has 4 rings (SSSR count). The highest BCUT2D eigenvalue weighted by atomic mass is 32.1. The third-order valence-electron chi connectivity index (χ3n) is 4.10. The molecule has 3 aromatic heterocycles. The van der Waals surface area contributed by atoms with Crippen molar-refractivity contribution in [2.75, 3.05) is 11.9 Å². The summed E-state index contributed by atoms with van der Waals surface area (Å²) in [6.07, 6.45) is 8.12. The molecular formula is C17H19N5OS. The minimum Gasteiger partial charge on any atom is -0.337 e. The van der Waals surface area contributed by atoms with E-state index in [4.69, 9.17) is 0 Å². The van der Waals surface area contributed by atoms with Gasteiger partial charge in [0.1, 0.15) is 5.65 Å². The fraction of sp³-hybridized carbons (Fsp3) is 0.353. The summed E-state index contributed by atoms with van der Waals surface area (Å²) in [6.45, 7) is 2.53. The number of thiazole rings is 1. The molecule has 0 atom stereocenters. The zero-order chi connectivity index (χ0) is 16.5. The Balaban J connectivity index is 1.30. The van der Waals surface area contributed by atoms with Crippen molar-refractivity contribution in [2.45, 2.75) is 32.6 Å². The Morgan fingerprint density at radius 1 is 1.38 bits per heavy atom. The highest BCUT2D eigenvalue weighted by molar-refractivity contribution is 7.11. The molecule has 1 aliphatic rings. The van der Waals surface area contributed by atoms with E-state index in [-0.39, 0.29) is 6.03 Å². The minimum absolute atomic E-state index is 0.202. The second-order valence-electron chi connectivity index (χ2n) is 6.03. The van der Waals surface area contributed by atoms with Gasteiger partial charge < -0.3 is 15.0 Å². The summed E-state index contributed by atoms with van der Waals surface area (Å²) in [5.74, 6) is 0. The van der Waals surface area contributed by atoms with Gasteiger partial charge >= 0.3 is 6.03 Å². The van der Waals surface area contributed by atoms with E-state index in [1.807, 2.05) is 35.9 Å². The fourth-order valence-corrected chi connectivity index (χ4v) is 4.15. The van der Waals surface area contributed by atoms with E-state index in [1.165, 1.54) is 17.0 Å². The molecule has 0 aliphatic heterocycles. The van der Waals surface area contributed by atoms with Crippen LogP contribution in [0.3, 0.4) is 0 Å². The van der Waals surface area contributed by atoms with Gasteiger partial charge in [0.05, 0.1) is 16.4 Å². The van der Waals surface area contributed by atoms with E-state index < -0.39 is 0 Å². The molecule has 0 saturated heterocycles. The Bertz CT molecular complexity index is 876. The topological polar surface area (TPSA) is 71.3 Å². The van der Waals surface area contributed by atoms with Crippen LogP contribution in [0.1, 0.15) is 27.7 Å². The number of aryl methyl sites for hydroxylation is 3. The fourth-order valence-electron chi connectivity index (χ4n) is 3.00. The van der Waals surface area contributed by atoms with Crippen LogP contribution in [-0.2, 0) is 19.3 Å². The molecule has 0 bridgehead atoms. The summed E-state index contributed by atoms with van der Waals surface area (Å²) in [4.78, 5) is 22.5. The molecule has 3 heterocycles. The number of pyridine rings is 1. The lowest BCUT2D eigenvalue weighted by Gasteiger charge is -2.07. The van der Waals surface area contributed by atoms with Gasteiger partial charge in [-0.25, -0.2) is 14.8 Å². The van der Waals surface area contributed by atoms with Crippen molar-refractivity contribution >= 4 is 28.7 Å². The number of aromatic nitrogens is 3. The van der Waals surface area contributed by atoms with Gasteiger partial charge in [-0.1, -0.05) is 0 Å². The number of urea groups is 1. The van der Waals surface area contributed by atoms with E-state index >= 15 is 0 Å². The number of anilines is 1. The summed E-state index contributed by atoms with van der Waals surface area (Å²) in [5.41, 5.74) is 3.77. The Labute approximate surface area is 143 Å². The van der Waals surface area contributed by atoms with Gasteiger partial charge in [0.2, 0.25) is 0 Å². The number of carbonyl (C=O) groups is 1. The molecule has 7 heteroatoms. The molecule has 24 heavy (non-hydrogen) atoms. The Hall–Kier alpha value is -2.41.